The number of nitrogens with one attached hydrogen (secondary N) is 2. The number of amides is 1. The van der Waals surface area contributed by atoms with Gasteiger partial charge in [0.25, 0.3) is 0 Å². The fourth-order valence-electron chi connectivity index (χ4n) is 4.39. The molecule has 10 heteroatoms. The van der Waals surface area contributed by atoms with E-state index in [0.717, 1.165) is 27.7 Å². The molecule has 3 aromatic rings. The molecule has 1 aliphatic heterocycles. The number of carbonyl (C=O) groups is 1. The van der Waals surface area contributed by atoms with Crippen LogP contribution in [0.2, 0.25) is 5.02 Å². The van der Waals surface area contributed by atoms with Gasteiger partial charge in [-0.25, -0.2) is 13.7 Å². The van der Waals surface area contributed by atoms with E-state index in [2.05, 4.69) is 9.71 Å². The van der Waals surface area contributed by atoms with Crippen LogP contribution in [0.5, 0.6) is 5.75 Å². The minimum Gasteiger partial charge on any atom is -0.493 e. The number of rotatable bonds is 9. The molecule has 8 nitrogen and oxygen atoms in total. The molecule has 188 valence electrons. The van der Waals surface area contributed by atoms with Crippen molar-refractivity contribution in [3.05, 3.63) is 64.3 Å². The minimum atomic E-state index is -1.16. The van der Waals surface area contributed by atoms with Crippen molar-refractivity contribution in [2.75, 3.05) is 32.6 Å². The molecule has 0 spiro atoms. The number of fused-ring (bicyclic) bond motifs is 3. The van der Waals surface area contributed by atoms with Crippen molar-refractivity contribution < 1.29 is 23.6 Å². The summed E-state index contributed by atoms with van der Waals surface area (Å²) in [5.74, 6) is 0.662. The molecule has 2 heterocycles. The van der Waals surface area contributed by atoms with E-state index in [-0.39, 0.29) is 18.7 Å². The number of aliphatic hydroxyl groups is 1. The van der Waals surface area contributed by atoms with Gasteiger partial charge in [0.15, 0.2) is 0 Å². The Morgan fingerprint density at radius 3 is 2.80 bits per heavy atom. The van der Waals surface area contributed by atoms with Crippen molar-refractivity contribution in [3.63, 3.8) is 0 Å². The SMILES string of the molecule is CCOC(=O)N1CCc2c([nH]c3ccc(Cl)cc23)[C@@H]1c1ccc(OCCC(O)CNS(C)=O)cc1. The van der Waals surface area contributed by atoms with Gasteiger partial charge in [0.2, 0.25) is 0 Å². The van der Waals surface area contributed by atoms with Crippen molar-refractivity contribution in [2.24, 2.45) is 0 Å². The zero-order valence-electron chi connectivity index (χ0n) is 19.8. The van der Waals surface area contributed by atoms with E-state index in [1.807, 2.05) is 42.5 Å². The van der Waals surface area contributed by atoms with Gasteiger partial charge in [-0.3, -0.25) is 4.90 Å². The number of hydrogen-bond acceptors (Lipinski definition) is 5. The molecule has 0 aliphatic carbocycles. The number of carbonyl (C=O) groups excluding carboxylic acids is 1. The van der Waals surface area contributed by atoms with Crippen LogP contribution in [0.15, 0.2) is 42.5 Å². The molecule has 1 amide bonds. The van der Waals surface area contributed by atoms with Crippen LogP contribution >= 0.6 is 11.6 Å². The Kier molecular flexibility index (Phi) is 8.33. The fourth-order valence-corrected chi connectivity index (χ4v) is 4.98. The van der Waals surface area contributed by atoms with Gasteiger partial charge in [-0.2, -0.15) is 0 Å². The Hall–Kier alpha value is -2.59. The molecule has 2 unspecified atom stereocenters. The molecular weight excluding hydrogens is 490 g/mol. The van der Waals surface area contributed by atoms with Crippen LogP contribution in [0.4, 0.5) is 4.79 Å². The lowest BCUT2D eigenvalue weighted by Gasteiger charge is -2.35. The summed E-state index contributed by atoms with van der Waals surface area (Å²) in [5, 5.41) is 11.7. The smallest absolute Gasteiger partial charge is 0.410 e. The van der Waals surface area contributed by atoms with Gasteiger partial charge in [-0.05, 0) is 54.8 Å². The lowest BCUT2D eigenvalue weighted by atomic mass is 9.92. The molecule has 0 fully saturated rings. The van der Waals surface area contributed by atoms with E-state index in [1.54, 1.807) is 11.8 Å². The van der Waals surface area contributed by atoms with Crippen LogP contribution in [0, 0.1) is 0 Å². The summed E-state index contributed by atoms with van der Waals surface area (Å²) in [5.41, 5.74) is 4.02. The third-order valence-corrected chi connectivity index (χ3v) is 6.84. The number of nitrogens with zero attached hydrogens (tertiary/aromatic N) is 1. The predicted molar refractivity (Wildman–Crippen MR) is 137 cm³/mol. The summed E-state index contributed by atoms with van der Waals surface area (Å²) in [6, 6.07) is 13.0. The summed E-state index contributed by atoms with van der Waals surface area (Å²) in [7, 11) is -1.16. The maximum absolute atomic E-state index is 12.8. The summed E-state index contributed by atoms with van der Waals surface area (Å²) in [4.78, 5) is 18.1. The highest BCUT2D eigenvalue weighted by Crippen LogP contribution is 2.39. The topological polar surface area (TPSA) is 104 Å². The number of aliphatic hydroxyl groups excluding tert-OH is 1. The monoisotopic (exact) mass is 519 g/mol. The van der Waals surface area contributed by atoms with E-state index >= 15 is 0 Å². The first-order chi connectivity index (χ1) is 16.9. The number of aromatic amines is 1. The minimum absolute atomic E-state index is 0.245. The molecule has 0 saturated carbocycles. The van der Waals surface area contributed by atoms with Gasteiger partial charge in [0.1, 0.15) is 11.8 Å². The van der Waals surface area contributed by atoms with Crippen molar-refractivity contribution in [1.29, 1.82) is 0 Å². The molecule has 3 N–H and O–H groups in total. The zero-order valence-corrected chi connectivity index (χ0v) is 21.3. The molecule has 3 atom stereocenters. The summed E-state index contributed by atoms with van der Waals surface area (Å²) in [6.07, 6.45) is 1.64. The van der Waals surface area contributed by atoms with Gasteiger partial charge in [0.05, 0.1) is 30.3 Å². The zero-order chi connectivity index (χ0) is 24.9. The second-order valence-electron chi connectivity index (χ2n) is 8.41. The molecule has 1 aromatic heterocycles. The lowest BCUT2D eigenvalue weighted by Crippen LogP contribution is -2.40. The largest absolute Gasteiger partial charge is 0.493 e. The molecule has 2 aromatic carbocycles. The van der Waals surface area contributed by atoms with Crippen LogP contribution in [0.25, 0.3) is 10.9 Å². The number of hydrogen-bond donors (Lipinski definition) is 3. The van der Waals surface area contributed by atoms with E-state index in [1.165, 1.54) is 6.26 Å². The van der Waals surface area contributed by atoms with E-state index < -0.39 is 17.1 Å². The Labute approximate surface area is 212 Å². The first kappa shape index (κ1) is 25.5. The average Bonchev–Trinajstić information content (AvgIpc) is 3.20. The Morgan fingerprint density at radius 1 is 1.31 bits per heavy atom. The molecule has 0 saturated heterocycles. The summed E-state index contributed by atoms with van der Waals surface area (Å²) in [6.45, 7) is 3.20. The maximum atomic E-state index is 12.8. The quantitative estimate of drug-likeness (QED) is 0.397. The summed E-state index contributed by atoms with van der Waals surface area (Å²) < 4.78 is 24.9. The van der Waals surface area contributed by atoms with Crippen molar-refractivity contribution in [3.8, 4) is 5.75 Å². The number of benzene rings is 2. The Bertz CT molecular complexity index is 1200. The molecule has 1 aliphatic rings. The highest BCUT2D eigenvalue weighted by atomic mass is 35.5. The first-order valence-electron chi connectivity index (χ1n) is 11.6. The number of ether oxygens (including phenoxy) is 2. The number of H-pyrrole nitrogens is 1. The van der Waals surface area contributed by atoms with Gasteiger partial charge in [0, 0.05) is 47.4 Å². The molecular formula is C25H30ClN3O5S. The van der Waals surface area contributed by atoms with Gasteiger partial charge < -0.3 is 19.6 Å². The van der Waals surface area contributed by atoms with E-state index in [9.17, 15) is 14.1 Å². The lowest BCUT2D eigenvalue weighted by molar-refractivity contribution is 0.0932. The summed E-state index contributed by atoms with van der Waals surface area (Å²) >= 11 is 6.26. The number of halogens is 1. The van der Waals surface area contributed by atoms with Crippen LogP contribution in [0.1, 0.15) is 36.2 Å². The highest BCUT2D eigenvalue weighted by Gasteiger charge is 2.35. The van der Waals surface area contributed by atoms with Crippen LogP contribution in [0.3, 0.4) is 0 Å². The average molecular weight is 520 g/mol. The Morgan fingerprint density at radius 2 is 2.09 bits per heavy atom. The van der Waals surface area contributed by atoms with Crippen molar-refractivity contribution >= 4 is 39.6 Å². The van der Waals surface area contributed by atoms with Crippen molar-refractivity contribution in [2.45, 2.75) is 31.9 Å². The molecule has 0 bridgehead atoms. The second kappa shape index (κ2) is 11.4. The third-order valence-electron chi connectivity index (χ3n) is 6.03. The fraction of sp³-hybridized carbons (Fsp3) is 0.400. The second-order valence-corrected chi connectivity index (χ2v) is 10.0. The van der Waals surface area contributed by atoms with E-state index in [4.69, 9.17) is 21.1 Å². The Balaban J connectivity index is 1.54. The predicted octanol–water partition coefficient (Wildman–Crippen LogP) is 3.94. The normalized spacial score (nSPS) is 17.1. The molecule has 35 heavy (non-hydrogen) atoms. The van der Waals surface area contributed by atoms with E-state index in [0.29, 0.717) is 43.4 Å². The number of aromatic nitrogens is 1. The van der Waals surface area contributed by atoms with Gasteiger partial charge in [-0.15, -0.1) is 0 Å². The van der Waals surface area contributed by atoms with Crippen LogP contribution < -0.4 is 9.46 Å². The van der Waals surface area contributed by atoms with Crippen LogP contribution in [-0.4, -0.2) is 64.0 Å². The van der Waals surface area contributed by atoms with Gasteiger partial charge >= 0.3 is 6.09 Å². The molecule has 4 rings (SSSR count). The standard InChI is InChI=1S/C25H30ClN3O5S/c1-3-33-25(31)29-12-10-20-21-14-17(26)6-9-22(21)28-23(20)24(29)16-4-7-19(8-5-16)34-13-11-18(30)15-27-35(2)32/h4-9,14,18,24,27-28,30H,3,10-13,15H2,1-2H3/t18?,24-,35?/m0/s1. The van der Waals surface area contributed by atoms with Gasteiger partial charge in [-0.1, -0.05) is 23.7 Å². The van der Waals surface area contributed by atoms with Crippen LogP contribution in [-0.2, 0) is 22.1 Å². The maximum Gasteiger partial charge on any atom is 0.410 e. The third kappa shape index (κ3) is 5.98. The van der Waals surface area contributed by atoms with Crippen molar-refractivity contribution in [1.82, 2.24) is 14.6 Å². The highest BCUT2D eigenvalue weighted by molar-refractivity contribution is 7.82. The first-order valence-corrected chi connectivity index (χ1v) is 13.5. The molecule has 0 radical (unpaired) electrons.